The summed E-state index contributed by atoms with van der Waals surface area (Å²) in [7, 11) is 1.34. The van der Waals surface area contributed by atoms with Gasteiger partial charge in [-0.15, -0.1) is 0 Å². The summed E-state index contributed by atoms with van der Waals surface area (Å²) in [6.07, 6.45) is -1.26. The van der Waals surface area contributed by atoms with Crippen LogP contribution in [0.1, 0.15) is 22.0 Å². The predicted molar refractivity (Wildman–Crippen MR) is 76.7 cm³/mol. The van der Waals surface area contributed by atoms with E-state index in [2.05, 4.69) is 0 Å². The molecule has 0 radical (unpaired) electrons. The lowest BCUT2D eigenvalue weighted by Crippen LogP contribution is -2.26. The molecule has 0 aliphatic carbocycles. The van der Waals surface area contributed by atoms with Gasteiger partial charge in [0, 0.05) is 5.56 Å². The molecule has 0 bridgehead atoms. The van der Waals surface area contributed by atoms with Gasteiger partial charge >= 0.3 is 5.97 Å². The van der Waals surface area contributed by atoms with Crippen molar-refractivity contribution in [1.82, 2.24) is 0 Å². The van der Waals surface area contributed by atoms with E-state index in [-0.39, 0.29) is 11.3 Å². The second kappa shape index (κ2) is 6.71. The largest absolute Gasteiger partial charge is 0.496 e. The number of carbonyl (C=O) groups is 2. The molecule has 2 aromatic carbocycles. The van der Waals surface area contributed by atoms with Crippen LogP contribution in [0.15, 0.2) is 48.5 Å². The van der Waals surface area contributed by atoms with Crippen LogP contribution in [-0.2, 0) is 9.53 Å². The van der Waals surface area contributed by atoms with Crippen molar-refractivity contribution >= 4 is 11.9 Å². The lowest BCUT2D eigenvalue weighted by Gasteiger charge is -2.16. The predicted octanol–water partition coefficient (Wildman–Crippen LogP) is 2.22. The average Bonchev–Trinajstić information content (AvgIpc) is 2.52. The third-order valence-electron chi connectivity index (χ3n) is 2.97. The molecule has 6 heteroatoms. The summed E-state index contributed by atoms with van der Waals surface area (Å²) in [6, 6.07) is 11.7. The van der Waals surface area contributed by atoms with E-state index >= 15 is 0 Å². The minimum Gasteiger partial charge on any atom is -0.496 e. The Morgan fingerprint density at radius 1 is 1.14 bits per heavy atom. The van der Waals surface area contributed by atoms with E-state index in [0.717, 1.165) is 12.1 Å². The Balaban J connectivity index is 2.30. The Morgan fingerprint density at radius 3 is 2.41 bits per heavy atom. The zero-order chi connectivity index (χ0) is 16.1. The van der Waals surface area contributed by atoms with Gasteiger partial charge in [0.1, 0.15) is 17.1 Å². The molecule has 2 aromatic rings. The zero-order valence-corrected chi connectivity index (χ0v) is 11.8. The summed E-state index contributed by atoms with van der Waals surface area (Å²) in [6.45, 7) is 0. The molecule has 2 rings (SSSR count). The lowest BCUT2D eigenvalue weighted by molar-refractivity contribution is -0.127. The van der Waals surface area contributed by atoms with Crippen LogP contribution in [0, 0.1) is 5.82 Å². The number of methoxy groups -OCH3 is 1. The second-order valence-corrected chi connectivity index (χ2v) is 4.44. The van der Waals surface area contributed by atoms with E-state index in [1.54, 1.807) is 30.3 Å². The van der Waals surface area contributed by atoms with Gasteiger partial charge in [-0.05, 0) is 18.2 Å². The maximum atomic E-state index is 13.3. The fraction of sp³-hybridized carbons (Fsp3) is 0.125. The molecule has 0 aromatic heterocycles. The minimum atomic E-state index is -1.26. The Morgan fingerprint density at radius 2 is 1.82 bits per heavy atom. The number of amides is 1. The fourth-order valence-corrected chi connectivity index (χ4v) is 1.93. The van der Waals surface area contributed by atoms with Crippen molar-refractivity contribution < 1.29 is 23.5 Å². The number of esters is 1. The summed E-state index contributed by atoms with van der Waals surface area (Å²) in [4.78, 5) is 23.7. The average molecular weight is 303 g/mol. The highest BCUT2D eigenvalue weighted by molar-refractivity contribution is 5.94. The molecular formula is C16H14FNO4. The van der Waals surface area contributed by atoms with E-state index < -0.39 is 23.8 Å². The molecule has 1 unspecified atom stereocenters. The second-order valence-electron chi connectivity index (χ2n) is 4.44. The van der Waals surface area contributed by atoms with Gasteiger partial charge in [0.2, 0.25) is 6.10 Å². The van der Waals surface area contributed by atoms with Gasteiger partial charge in [0.15, 0.2) is 0 Å². The van der Waals surface area contributed by atoms with Crippen molar-refractivity contribution in [3.8, 4) is 5.75 Å². The number of hydrogen-bond donors (Lipinski definition) is 1. The van der Waals surface area contributed by atoms with Crippen molar-refractivity contribution in [3.05, 3.63) is 65.5 Å². The fourth-order valence-electron chi connectivity index (χ4n) is 1.93. The van der Waals surface area contributed by atoms with Gasteiger partial charge < -0.3 is 15.2 Å². The smallest absolute Gasteiger partial charge is 0.343 e. The summed E-state index contributed by atoms with van der Waals surface area (Å²) < 4.78 is 23.4. The molecule has 0 spiro atoms. The Labute approximate surface area is 126 Å². The van der Waals surface area contributed by atoms with Crippen molar-refractivity contribution in [1.29, 1.82) is 0 Å². The molecule has 5 nitrogen and oxygen atoms in total. The maximum Gasteiger partial charge on any atom is 0.343 e. The highest BCUT2D eigenvalue weighted by atomic mass is 19.1. The third kappa shape index (κ3) is 3.41. The Bertz CT molecular complexity index is 688. The number of ether oxygens (including phenoxy) is 2. The topological polar surface area (TPSA) is 78.6 Å². The van der Waals surface area contributed by atoms with Gasteiger partial charge in [-0.25, -0.2) is 9.18 Å². The molecule has 0 saturated heterocycles. The molecule has 2 N–H and O–H groups in total. The van der Waals surface area contributed by atoms with Crippen LogP contribution in [0.3, 0.4) is 0 Å². The molecule has 22 heavy (non-hydrogen) atoms. The van der Waals surface area contributed by atoms with Crippen molar-refractivity contribution in [3.63, 3.8) is 0 Å². The Kier molecular flexibility index (Phi) is 4.73. The highest BCUT2D eigenvalue weighted by Gasteiger charge is 2.25. The van der Waals surface area contributed by atoms with E-state index in [9.17, 15) is 14.0 Å². The Hall–Kier alpha value is -2.89. The first-order valence-electron chi connectivity index (χ1n) is 6.41. The summed E-state index contributed by atoms with van der Waals surface area (Å²) in [5.41, 5.74) is 5.58. The molecule has 0 aliphatic heterocycles. The van der Waals surface area contributed by atoms with Crippen LogP contribution in [-0.4, -0.2) is 19.0 Å². The summed E-state index contributed by atoms with van der Waals surface area (Å²) >= 11 is 0. The van der Waals surface area contributed by atoms with Crippen LogP contribution < -0.4 is 10.5 Å². The van der Waals surface area contributed by atoms with E-state index in [0.29, 0.717) is 5.56 Å². The van der Waals surface area contributed by atoms with Crippen LogP contribution in [0.5, 0.6) is 5.75 Å². The molecule has 1 atom stereocenters. The van der Waals surface area contributed by atoms with Crippen LogP contribution in [0.4, 0.5) is 4.39 Å². The van der Waals surface area contributed by atoms with Gasteiger partial charge in [0.05, 0.1) is 7.11 Å². The van der Waals surface area contributed by atoms with Crippen molar-refractivity contribution in [2.45, 2.75) is 6.10 Å². The van der Waals surface area contributed by atoms with E-state index in [1.165, 1.54) is 13.2 Å². The minimum absolute atomic E-state index is 0.121. The molecule has 0 heterocycles. The van der Waals surface area contributed by atoms with Crippen LogP contribution >= 0.6 is 0 Å². The zero-order valence-electron chi connectivity index (χ0n) is 11.8. The molecule has 1 amide bonds. The number of halogens is 1. The van der Waals surface area contributed by atoms with E-state index in [1.807, 2.05) is 0 Å². The lowest BCUT2D eigenvalue weighted by atomic mass is 10.1. The monoisotopic (exact) mass is 303 g/mol. The maximum absolute atomic E-state index is 13.3. The van der Waals surface area contributed by atoms with Crippen LogP contribution in [0.25, 0.3) is 0 Å². The van der Waals surface area contributed by atoms with E-state index in [4.69, 9.17) is 15.2 Å². The molecule has 0 saturated carbocycles. The van der Waals surface area contributed by atoms with Crippen molar-refractivity contribution in [2.24, 2.45) is 5.73 Å². The molecule has 0 aliphatic rings. The van der Waals surface area contributed by atoms with Gasteiger partial charge in [-0.3, -0.25) is 4.79 Å². The quantitative estimate of drug-likeness (QED) is 0.859. The first-order chi connectivity index (χ1) is 10.5. The van der Waals surface area contributed by atoms with Gasteiger partial charge in [-0.2, -0.15) is 0 Å². The first-order valence-corrected chi connectivity index (χ1v) is 6.41. The number of benzene rings is 2. The third-order valence-corrected chi connectivity index (χ3v) is 2.97. The highest BCUT2D eigenvalue weighted by Crippen LogP contribution is 2.24. The number of primary amides is 1. The number of nitrogens with two attached hydrogens (primary N) is 1. The normalized spacial score (nSPS) is 11.5. The first kappa shape index (κ1) is 15.5. The number of rotatable bonds is 5. The molecular weight excluding hydrogens is 289 g/mol. The number of hydrogen-bond acceptors (Lipinski definition) is 4. The van der Waals surface area contributed by atoms with Crippen molar-refractivity contribution in [2.75, 3.05) is 7.11 Å². The molecule has 0 fully saturated rings. The van der Waals surface area contributed by atoms with Crippen LogP contribution in [0.2, 0.25) is 0 Å². The molecule has 114 valence electrons. The van der Waals surface area contributed by atoms with Gasteiger partial charge in [-0.1, -0.05) is 30.3 Å². The van der Waals surface area contributed by atoms with Gasteiger partial charge in [0.25, 0.3) is 5.91 Å². The summed E-state index contributed by atoms with van der Waals surface area (Å²) in [5.74, 6) is -2.20. The standard InChI is InChI=1S/C16H14FNO4/c1-21-13-8-7-11(17)9-12(13)16(20)22-14(15(18)19)10-5-3-2-4-6-10/h2-9,14H,1H3,(H2,18,19). The SMILES string of the molecule is COc1ccc(F)cc1C(=O)OC(C(N)=O)c1ccccc1. The summed E-state index contributed by atoms with van der Waals surface area (Å²) in [5, 5.41) is 0. The number of carbonyl (C=O) groups excluding carboxylic acids is 2.